The minimum Gasteiger partial charge on any atom is -0.387 e. The number of aliphatic hydroxyl groups is 1. The smallest absolute Gasteiger partial charge is 0.245 e. The van der Waals surface area contributed by atoms with E-state index in [2.05, 4.69) is 15.1 Å². The van der Waals surface area contributed by atoms with Crippen LogP contribution in [0.3, 0.4) is 0 Å². The monoisotopic (exact) mass is 281 g/mol. The normalized spacial score (nSPS) is 16.2. The number of carbonyl (C=O) groups excluding carboxylic acids is 1. The van der Waals surface area contributed by atoms with E-state index in [1.54, 1.807) is 12.1 Å². The summed E-state index contributed by atoms with van der Waals surface area (Å²) in [6.45, 7) is 4.47. The van der Waals surface area contributed by atoms with E-state index in [0.29, 0.717) is 6.54 Å². The Balaban J connectivity index is 1.72. The third kappa shape index (κ3) is 4.18. The van der Waals surface area contributed by atoms with Crippen molar-refractivity contribution in [3.05, 3.63) is 30.1 Å². The molecule has 5 nitrogen and oxygen atoms in total. The van der Waals surface area contributed by atoms with E-state index in [1.807, 2.05) is 0 Å². The predicted molar refractivity (Wildman–Crippen MR) is 75.1 cm³/mol. The van der Waals surface area contributed by atoms with E-state index in [1.165, 1.54) is 12.1 Å². The molecule has 1 aromatic rings. The standard InChI is InChI=1S/C14H20FN3O2/c15-12-1-3-13(4-2-12)18-9-7-17(8-10-18)6-5-16-14(20)11-19/h1-4,19H,5-11H2,(H,16,20). The number of amides is 1. The van der Waals surface area contributed by atoms with Crippen LogP contribution in [0.2, 0.25) is 0 Å². The van der Waals surface area contributed by atoms with Gasteiger partial charge in [-0.1, -0.05) is 0 Å². The molecule has 1 saturated heterocycles. The molecule has 1 heterocycles. The lowest BCUT2D eigenvalue weighted by molar-refractivity contribution is -0.123. The Labute approximate surface area is 118 Å². The average Bonchev–Trinajstić information content (AvgIpc) is 2.48. The highest BCUT2D eigenvalue weighted by molar-refractivity contribution is 5.76. The fraction of sp³-hybridized carbons (Fsp3) is 0.500. The highest BCUT2D eigenvalue weighted by atomic mass is 19.1. The number of hydrogen-bond acceptors (Lipinski definition) is 4. The molecule has 0 spiro atoms. The highest BCUT2D eigenvalue weighted by Crippen LogP contribution is 2.16. The van der Waals surface area contributed by atoms with Crippen molar-refractivity contribution >= 4 is 11.6 Å². The zero-order valence-electron chi connectivity index (χ0n) is 11.4. The van der Waals surface area contributed by atoms with Gasteiger partial charge in [-0.3, -0.25) is 9.69 Å². The summed E-state index contributed by atoms with van der Waals surface area (Å²) in [7, 11) is 0. The molecule has 0 unspecified atom stereocenters. The molecule has 0 radical (unpaired) electrons. The zero-order valence-corrected chi connectivity index (χ0v) is 11.4. The minimum atomic E-state index is -0.460. The molecule has 1 aliphatic rings. The van der Waals surface area contributed by atoms with Crippen molar-refractivity contribution in [1.82, 2.24) is 10.2 Å². The summed E-state index contributed by atoms with van der Waals surface area (Å²) >= 11 is 0. The zero-order chi connectivity index (χ0) is 14.4. The summed E-state index contributed by atoms with van der Waals surface area (Å²) in [6.07, 6.45) is 0. The SMILES string of the molecule is O=C(CO)NCCN1CCN(c2ccc(F)cc2)CC1. The molecular formula is C14H20FN3O2. The van der Waals surface area contributed by atoms with E-state index in [9.17, 15) is 9.18 Å². The summed E-state index contributed by atoms with van der Waals surface area (Å²) in [5.41, 5.74) is 1.04. The van der Waals surface area contributed by atoms with Gasteiger partial charge in [-0.15, -0.1) is 0 Å². The third-order valence-electron chi connectivity index (χ3n) is 3.46. The third-order valence-corrected chi connectivity index (χ3v) is 3.46. The molecule has 1 aliphatic heterocycles. The predicted octanol–water partition coefficient (Wildman–Crippen LogP) is 0.0562. The maximum absolute atomic E-state index is 12.9. The van der Waals surface area contributed by atoms with Crippen LogP contribution in [-0.4, -0.2) is 61.8 Å². The molecule has 0 bridgehead atoms. The Morgan fingerprint density at radius 1 is 1.20 bits per heavy atom. The summed E-state index contributed by atoms with van der Waals surface area (Å²) in [5.74, 6) is -0.554. The number of benzene rings is 1. The van der Waals surface area contributed by atoms with Crippen molar-refractivity contribution in [2.45, 2.75) is 0 Å². The second kappa shape index (κ2) is 7.21. The molecule has 1 aromatic carbocycles. The topological polar surface area (TPSA) is 55.8 Å². The Morgan fingerprint density at radius 3 is 2.45 bits per heavy atom. The van der Waals surface area contributed by atoms with Crippen LogP contribution in [0.5, 0.6) is 0 Å². The van der Waals surface area contributed by atoms with Crippen LogP contribution in [0.15, 0.2) is 24.3 Å². The molecule has 0 aliphatic carbocycles. The summed E-state index contributed by atoms with van der Waals surface area (Å²) < 4.78 is 12.9. The lowest BCUT2D eigenvalue weighted by atomic mass is 10.2. The van der Waals surface area contributed by atoms with Crippen LogP contribution in [0.1, 0.15) is 0 Å². The lowest BCUT2D eigenvalue weighted by Crippen LogP contribution is -2.48. The van der Waals surface area contributed by atoms with Crippen LogP contribution in [0.4, 0.5) is 10.1 Å². The molecule has 1 amide bonds. The van der Waals surface area contributed by atoms with Gasteiger partial charge < -0.3 is 15.3 Å². The molecule has 2 rings (SSSR count). The molecule has 0 saturated carbocycles. The van der Waals surface area contributed by atoms with E-state index < -0.39 is 6.61 Å². The van der Waals surface area contributed by atoms with Crippen molar-refractivity contribution in [1.29, 1.82) is 0 Å². The van der Waals surface area contributed by atoms with Gasteiger partial charge in [0.1, 0.15) is 12.4 Å². The molecule has 2 N–H and O–H groups in total. The largest absolute Gasteiger partial charge is 0.387 e. The van der Waals surface area contributed by atoms with Crippen LogP contribution in [0, 0.1) is 5.82 Å². The Hall–Kier alpha value is -1.66. The second-order valence-electron chi connectivity index (χ2n) is 4.81. The first-order chi connectivity index (χ1) is 9.69. The number of piperazine rings is 1. The molecular weight excluding hydrogens is 261 g/mol. The second-order valence-corrected chi connectivity index (χ2v) is 4.81. The van der Waals surface area contributed by atoms with Gasteiger partial charge in [-0.05, 0) is 24.3 Å². The number of nitrogens with zero attached hydrogens (tertiary/aromatic N) is 2. The first kappa shape index (κ1) is 14.7. The van der Waals surface area contributed by atoms with Gasteiger partial charge in [0, 0.05) is 45.0 Å². The van der Waals surface area contributed by atoms with Crippen LogP contribution in [0.25, 0.3) is 0 Å². The Morgan fingerprint density at radius 2 is 1.85 bits per heavy atom. The Bertz CT molecular complexity index is 431. The number of rotatable bonds is 5. The minimum absolute atomic E-state index is 0.216. The first-order valence-electron chi connectivity index (χ1n) is 6.79. The molecule has 20 heavy (non-hydrogen) atoms. The van der Waals surface area contributed by atoms with Crippen LogP contribution < -0.4 is 10.2 Å². The van der Waals surface area contributed by atoms with Crippen molar-refractivity contribution in [3.8, 4) is 0 Å². The van der Waals surface area contributed by atoms with Gasteiger partial charge in [0.05, 0.1) is 0 Å². The molecule has 6 heteroatoms. The summed E-state index contributed by atoms with van der Waals surface area (Å²) in [5, 5.41) is 11.2. The fourth-order valence-corrected chi connectivity index (χ4v) is 2.29. The van der Waals surface area contributed by atoms with E-state index >= 15 is 0 Å². The van der Waals surface area contributed by atoms with E-state index in [4.69, 9.17) is 5.11 Å². The lowest BCUT2D eigenvalue weighted by Gasteiger charge is -2.36. The number of anilines is 1. The van der Waals surface area contributed by atoms with Crippen molar-refractivity contribution in [3.63, 3.8) is 0 Å². The molecule has 0 aromatic heterocycles. The molecule has 1 fully saturated rings. The van der Waals surface area contributed by atoms with Gasteiger partial charge in [0.15, 0.2) is 0 Å². The van der Waals surface area contributed by atoms with Crippen molar-refractivity contribution in [2.24, 2.45) is 0 Å². The van der Waals surface area contributed by atoms with Gasteiger partial charge in [0.25, 0.3) is 0 Å². The summed E-state index contributed by atoms with van der Waals surface area (Å²) in [6, 6.07) is 6.55. The van der Waals surface area contributed by atoms with Crippen molar-refractivity contribution < 1.29 is 14.3 Å². The number of carbonyl (C=O) groups is 1. The maximum atomic E-state index is 12.9. The molecule has 110 valence electrons. The van der Waals surface area contributed by atoms with Crippen LogP contribution >= 0.6 is 0 Å². The molecule has 0 atom stereocenters. The van der Waals surface area contributed by atoms with E-state index in [-0.39, 0.29) is 11.7 Å². The van der Waals surface area contributed by atoms with E-state index in [0.717, 1.165) is 38.4 Å². The maximum Gasteiger partial charge on any atom is 0.245 e. The van der Waals surface area contributed by atoms with Gasteiger partial charge >= 0.3 is 0 Å². The van der Waals surface area contributed by atoms with Gasteiger partial charge in [-0.25, -0.2) is 4.39 Å². The van der Waals surface area contributed by atoms with Crippen LogP contribution in [-0.2, 0) is 4.79 Å². The van der Waals surface area contributed by atoms with Crippen molar-refractivity contribution in [2.75, 3.05) is 50.8 Å². The fourth-order valence-electron chi connectivity index (χ4n) is 2.29. The number of halogens is 1. The highest BCUT2D eigenvalue weighted by Gasteiger charge is 2.16. The average molecular weight is 281 g/mol. The quantitative estimate of drug-likeness (QED) is 0.801. The number of hydrogen-bond donors (Lipinski definition) is 2. The first-order valence-corrected chi connectivity index (χ1v) is 6.79. The number of aliphatic hydroxyl groups excluding tert-OH is 1. The van der Waals surface area contributed by atoms with Gasteiger partial charge in [0.2, 0.25) is 5.91 Å². The van der Waals surface area contributed by atoms with Gasteiger partial charge in [-0.2, -0.15) is 0 Å². The Kier molecular flexibility index (Phi) is 5.31. The number of nitrogens with one attached hydrogen (secondary N) is 1. The summed E-state index contributed by atoms with van der Waals surface area (Å²) in [4.78, 5) is 15.4.